The van der Waals surface area contributed by atoms with Crippen LogP contribution in [-0.4, -0.2) is 29.4 Å². The molecule has 3 aromatic carbocycles. The second-order valence-electron chi connectivity index (χ2n) is 11.0. The molecule has 0 aromatic heterocycles. The molecule has 1 N–H and O–H groups in total. The highest BCUT2D eigenvalue weighted by Crippen LogP contribution is 2.43. The Labute approximate surface area is 229 Å². The van der Waals surface area contributed by atoms with Crippen LogP contribution in [0.15, 0.2) is 72.3 Å². The van der Waals surface area contributed by atoms with Gasteiger partial charge < -0.3 is 9.84 Å². The maximum atomic E-state index is 13.6. The van der Waals surface area contributed by atoms with Crippen LogP contribution in [0.5, 0.6) is 0 Å². The van der Waals surface area contributed by atoms with Crippen LogP contribution >= 0.6 is 0 Å². The SMILES string of the molecule is CCCOC(=O)c1ccc(N2C(=O)C(=O)/C(=C(/O)c3cc(C(C)(C)C)ccc3C)C2c2cccc(C)c2)cc1. The van der Waals surface area contributed by atoms with Crippen LogP contribution in [0.4, 0.5) is 5.69 Å². The van der Waals surface area contributed by atoms with Crippen molar-refractivity contribution in [2.45, 2.75) is 59.4 Å². The summed E-state index contributed by atoms with van der Waals surface area (Å²) in [6.07, 6.45) is 0.711. The van der Waals surface area contributed by atoms with E-state index < -0.39 is 23.7 Å². The Kier molecular flexibility index (Phi) is 7.77. The van der Waals surface area contributed by atoms with Gasteiger partial charge in [-0.05, 0) is 72.7 Å². The molecule has 4 rings (SSSR count). The zero-order valence-corrected chi connectivity index (χ0v) is 23.4. The highest BCUT2D eigenvalue weighted by Gasteiger charge is 2.47. The van der Waals surface area contributed by atoms with Crippen molar-refractivity contribution in [2.24, 2.45) is 0 Å². The van der Waals surface area contributed by atoms with Crippen LogP contribution in [-0.2, 0) is 19.7 Å². The molecule has 1 atom stereocenters. The lowest BCUT2D eigenvalue weighted by atomic mass is 9.84. The lowest BCUT2D eigenvalue weighted by Gasteiger charge is -2.26. The molecule has 1 saturated heterocycles. The number of ether oxygens (including phenoxy) is 1. The van der Waals surface area contributed by atoms with Crippen LogP contribution in [0.2, 0.25) is 0 Å². The number of aliphatic hydroxyl groups is 1. The zero-order chi connectivity index (χ0) is 28.5. The Morgan fingerprint density at radius 1 is 0.974 bits per heavy atom. The minimum Gasteiger partial charge on any atom is -0.507 e. The van der Waals surface area contributed by atoms with Crippen LogP contribution in [0.3, 0.4) is 0 Å². The number of hydrogen-bond donors (Lipinski definition) is 1. The van der Waals surface area contributed by atoms with Gasteiger partial charge in [-0.2, -0.15) is 0 Å². The average molecular weight is 526 g/mol. The maximum absolute atomic E-state index is 13.6. The van der Waals surface area contributed by atoms with E-state index in [-0.39, 0.29) is 16.7 Å². The van der Waals surface area contributed by atoms with Crippen LogP contribution in [0, 0.1) is 13.8 Å². The summed E-state index contributed by atoms with van der Waals surface area (Å²) < 4.78 is 5.21. The minimum atomic E-state index is -0.847. The van der Waals surface area contributed by atoms with Gasteiger partial charge in [0.2, 0.25) is 0 Å². The standard InChI is InChI=1S/C33H35NO5/c1-7-17-39-32(38)22-12-15-25(16-13-22)34-28(23-10-8-9-20(2)18-23)27(30(36)31(34)37)29(35)26-19-24(33(4,5)6)14-11-21(26)3/h8-16,18-19,28,35H,7,17H2,1-6H3/b29-27+. The second-order valence-corrected chi connectivity index (χ2v) is 11.0. The summed E-state index contributed by atoms with van der Waals surface area (Å²) in [5.41, 5.74) is 4.62. The van der Waals surface area contributed by atoms with Gasteiger partial charge in [-0.15, -0.1) is 0 Å². The average Bonchev–Trinajstić information content (AvgIpc) is 3.16. The summed E-state index contributed by atoms with van der Waals surface area (Å²) in [4.78, 5) is 40.8. The molecule has 6 heteroatoms. The maximum Gasteiger partial charge on any atom is 0.338 e. The Hall–Kier alpha value is -4.19. The Morgan fingerprint density at radius 2 is 1.67 bits per heavy atom. The van der Waals surface area contributed by atoms with E-state index in [1.54, 1.807) is 24.3 Å². The largest absolute Gasteiger partial charge is 0.507 e. The molecule has 1 aliphatic rings. The van der Waals surface area contributed by atoms with E-state index in [0.29, 0.717) is 35.4 Å². The van der Waals surface area contributed by atoms with Crippen molar-refractivity contribution in [2.75, 3.05) is 11.5 Å². The molecule has 1 amide bonds. The number of aryl methyl sites for hydroxylation is 2. The van der Waals surface area contributed by atoms with Gasteiger partial charge in [0.15, 0.2) is 0 Å². The molecule has 39 heavy (non-hydrogen) atoms. The van der Waals surface area contributed by atoms with Crippen molar-refractivity contribution in [3.8, 4) is 0 Å². The van der Waals surface area contributed by atoms with Crippen LogP contribution in [0.1, 0.15) is 78.3 Å². The topological polar surface area (TPSA) is 83.9 Å². The summed E-state index contributed by atoms with van der Waals surface area (Å²) in [5.74, 6) is -2.15. The Morgan fingerprint density at radius 3 is 2.28 bits per heavy atom. The van der Waals surface area contributed by atoms with E-state index >= 15 is 0 Å². The highest BCUT2D eigenvalue weighted by molar-refractivity contribution is 6.51. The number of nitrogens with zero attached hydrogens (tertiary/aromatic N) is 1. The highest BCUT2D eigenvalue weighted by atomic mass is 16.5. The van der Waals surface area contributed by atoms with Crippen LogP contribution < -0.4 is 4.90 Å². The number of benzene rings is 3. The van der Waals surface area contributed by atoms with E-state index in [0.717, 1.165) is 16.7 Å². The molecule has 1 heterocycles. The monoisotopic (exact) mass is 525 g/mol. The summed E-state index contributed by atoms with van der Waals surface area (Å²) in [7, 11) is 0. The number of aliphatic hydroxyl groups excluding tert-OH is 1. The third-order valence-electron chi connectivity index (χ3n) is 6.98. The van der Waals surface area contributed by atoms with Gasteiger partial charge >= 0.3 is 5.97 Å². The predicted octanol–water partition coefficient (Wildman–Crippen LogP) is 6.79. The first kappa shape index (κ1) is 27.8. The van der Waals surface area contributed by atoms with E-state index in [1.807, 2.05) is 63.2 Å². The van der Waals surface area contributed by atoms with Gasteiger partial charge in [-0.3, -0.25) is 14.5 Å². The zero-order valence-electron chi connectivity index (χ0n) is 23.4. The van der Waals surface area contributed by atoms with Gasteiger partial charge in [0, 0.05) is 11.3 Å². The number of esters is 1. The molecule has 3 aromatic rings. The Balaban J connectivity index is 1.88. The van der Waals surface area contributed by atoms with Gasteiger partial charge in [0.25, 0.3) is 11.7 Å². The fourth-order valence-electron chi connectivity index (χ4n) is 4.78. The summed E-state index contributed by atoms with van der Waals surface area (Å²) >= 11 is 0. The molecular weight excluding hydrogens is 490 g/mol. The molecule has 1 fully saturated rings. The van der Waals surface area contributed by atoms with Gasteiger partial charge in [-0.1, -0.05) is 69.7 Å². The number of ketones is 1. The van der Waals surface area contributed by atoms with Crippen LogP contribution in [0.25, 0.3) is 5.76 Å². The molecule has 1 unspecified atom stereocenters. The molecule has 0 spiro atoms. The lowest BCUT2D eigenvalue weighted by Crippen LogP contribution is -2.29. The smallest absolute Gasteiger partial charge is 0.338 e. The van der Waals surface area contributed by atoms with Crippen molar-refractivity contribution in [1.29, 1.82) is 0 Å². The van der Waals surface area contributed by atoms with E-state index in [9.17, 15) is 19.5 Å². The summed E-state index contributed by atoms with van der Waals surface area (Å²) in [6.45, 7) is 12.3. The molecule has 0 radical (unpaired) electrons. The van der Waals surface area contributed by atoms with Crippen molar-refractivity contribution < 1.29 is 24.2 Å². The lowest BCUT2D eigenvalue weighted by molar-refractivity contribution is -0.132. The number of amides is 1. The van der Waals surface area contributed by atoms with Gasteiger partial charge in [0.05, 0.1) is 23.8 Å². The predicted molar refractivity (Wildman–Crippen MR) is 153 cm³/mol. The van der Waals surface area contributed by atoms with Gasteiger partial charge in [0.1, 0.15) is 5.76 Å². The number of hydrogen-bond acceptors (Lipinski definition) is 5. The van der Waals surface area contributed by atoms with Crippen molar-refractivity contribution in [3.63, 3.8) is 0 Å². The molecular formula is C33H35NO5. The molecule has 202 valence electrons. The molecule has 1 aliphatic heterocycles. The third kappa shape index (κ3) is 5.51. The summed E-state index contributed by atoms with van der Waals surface area (Å²) in [5, 5.41) is 11.7. The Bertz CT molecular complexity index is 1460. The molecule has 0 saturated carbocycles. The normalized spacial score (nSPS) is 17.0. The number of carbonyl (C=O) groups excluding carboxylic acids is 3. The fourth-order valence-corrected chi connectivity index (χ4v) is 4.78. The number of carbonyl (C=O) groups is 3. The number of Topliss-reactive ketones (excluding diaryl/α,β-unsaturated/α-hetero) is 1. The quantitative estimate of drug-likeness (QED) is 0.166. The third-order valence-corrected chi connectivity index (χ3v) is 6.98. The minimum absolute atomic E-state index is 0.0335. The van der Waals surface area contributed by atoms with Crippen molar-refractivity contribution >= 4 is 29.1 Å². The first-order chi connectivity index (χ1) is 18.4. The van der Waals surface area contributed by atoms with E-state index in [4.69, 9.17) is 4.74 Å². The number of anilines is 1. The first-order valence-electron chi connectivity index (χ1n) is 13.2. The summed E-state index contributed by atoms with van der Waals surface area (Å²) in [6, 6.07) is 18.9. The van der Waals surface area contributed by atoms with Gasteiger partial charge in [-0.25, -0.2) is 4.79 Å². The fraction of sp³-hybridized carbons (Fsp3) is 0.303. The second kappa shape index (κ2) is 10.9. The van der Waals surface area contributed by atoms with E-state index in [2.05, 4.69) is 20.8 Å². The van der Waals surface area contributed by atoms with Crippen molar-refractivity contribution in [3.05, 3.63) is 106 Å². The van der Waals surface area contributed by atoms with E-state index in [1.165, 1.54) is 4.90 Å². The number of rotatable bonds is 6. The molecule has 0 bridgehead atoms. The first-order valence-corrected chi connectivity index (χ1v) is 13.2. The molecule has 0 aliphatic carbocycles. The molecule has 6 nitrogen and oxygen atoms in total. The van der Waals surface area contributed by atoms with Crippen molar-refractivity contribution in [1.82, 2.24) is 0 Å².